The zero-order valence-corrected chi connectivity index (χ0v) is 12.8. The number of carbonyl (C=O) groups is 1. The average molecular weight is 303 g/mol. The van der Waals surface area contributed by atoms with E-state index in [1.807, 2.05) is 17.0 Å². The van der Waals surface area contributed by atoms with Gasteiger partial charge in [0, 0.05) is 19.2 Å². The lowest BCUT2D eigenvalue weighted by Crippen LogP contribution is -2.34. The van der Waals surface area contributed by atoms with Crippen molar-refractivity contribution in [3.8, 4) is 17.2 Å². The Hall–Kier alpha value is -2.17. The molecule has 0 unspecified atom stereocenters. The van der Waals surface area contributed by atoms with E-state index in [1.165, 1.54) is 6.42 Å². The maximum absolute atomic E-state index is 12.2. The van der Waals surface area contributed by atoms with Gasteiger partial charge in [0.25, 0.3) is 0 Å². The number of methoxy groups -OCH3 is 1. The molecule has 2 aliphatic heterocycles. The van der Waals surface area contributed by atoms with E-state index in [-0.39, 0.29) is 5.91 Å². The number of rotatable bonds is 3. The minimum absolute atomic E-state index is 0.0635. The molecular formula is C17H21NO4. The van der Waals surface area contributed by atoms with E-state index >= 15 is 0 Å². The summed E-state index contributed by atoms with van der Waals surface area (Å²) in [5.74, 6) is 1.99. The molecule has 2 heterocycles. The number of ether oxygens (including phenoxy) is 3. The van der Waals surface area contributed by atoms with Crippen LogP contribution in [0.15, 0.2) is 18.2 Å². The molecule has 0 N–H and O–H groups in total. The van der Waals surface area contributed by atoms with Crippen molar-refractivity contribution in [3.05, 3.63) is 23.8 Å². The molecule has 0 spiro atoms. The first-order valence-electron chi connectivity index (χ1n) is 7.72. The second kappa shape index (κ2) is 6.73. The van der Waals surface area contributed by atoms with Crippen LogP contribution in [-0.4, -0.2) is 44.2 Å². The molecule has 5 nitrogen and oxygen atoms in total. The lowest BCUT2D eigenvalue weighted by Gasteiger charge is -2.25. The van der Waals surface area contributed by atoms with Crippen molar-refractivity contribution in [1.29, 1.82) is 0 Å². The van der Waals surface area contributed by atoms with Gasteiger partial charge in [-0.2, -0.15) is 0 Å². The molecule has 3 rings (SSSR count). The van der Waals surface area contributed by atoms with Crippen molar-refractivity contribution < 1.29 is 19.0 Å². The van der Waals surface area contributed by atoms with Crippen LogP contribution in [0, 0.1) is 0 Å². The number of piperidine rings is 1. The molecule has 1 fully saturated rings. The minimum Gasteiger partial charge on any atom is -0.493 e. The molecule has 5 heteroatoms. The third-order valence-electron chi connectivity index (χ3n) is 3.94. The van der Waals surface area contributed by atoms with Gasteiger partial charge in [0.15, 0.2) is 11.5 Å². The fourth-order valence-corrected chi connectivity index (χ4v) is 2.78. The summed E-state index contributed by atoms with van der Waals surface area (Å²) in [4.78, 5) is 14.1. The maximum atomic E-state index is 12.2. The summed E-state index contributed by atoms with van der Waals surface area (Å²) in [6.45, 7) is 2.75. The molecule has 2 aliphatic rings. The molecule has 0 aliphatic carbocycles. The second-order valence-electron chi connectivity index (χ2n) is 5.47. The molecular weight excluding hydrogens is 282 g/mol. The van der Waals surface area contributed by atoms with Gasteiger partial charge in [0.1, 0.15) is 13.2 Å². The monoisotopic (exact) mass is 303 g/mol. The molecule has 1 saturated heterocycles. The predicted molar refractivity (Wildman–Crippen MR) is 83.4 cm³/mol. The predicted octanol–water partition coefficient (Wildman–Crippen LogP) is 2.49. The molecule has 1 amide bonds. The van der Waals surface area contributed by atoms with E-state index in [0.29, 0.717) is 30.5 Å². The molecule has 22 heavy (non-hydrogen) atoms. The molecule has 0 saturated carbocycles. The van der Waals surface area contributed by atoms with Crippen molar-refractivity contribution >= 4 is 12.0 Å². The third-order valence-corrected chi connectivity index (χ3v) is 3.94. The number of fused-ring (bicyclic) bond motifs is 1. The van der Waals surface area contributed by atoms with E-state index < -0.39 is 0 Å². The minimum atomic E-state index is 0.0635. The van der Waals surface area contributed by atoms with Crippen LogP contribution in [0.1, 0.15) is 24.8 Å². The number of hydrogen-bond donors (Lipinski definition) is 0. The van der Waals surface area contributed by atoms with Crippen molar-refractivity contribution in [1.82, 2.24) is 4.90 Å². The van der Waals surface area contributed by atoms with E-state index in [2.05, 4.69) is 0 Å². The number of amides is 1. The number of likely N-dealkylation sites (tertiary alicyclic amines) is 1. The van der Waals surface area contributed by atoms with E-state index in [1.54, 1.807) is 19.3 Å². The summed E-state index contributed by atoms with van der Waals surface area (Å²) in [6, 6.07) is 3.73. The molecule has 118 valence electrons. The molecule has 0 bridgehead atoms. The van der Waals surface area contributed by atoms with Crippen LogP contribution in [0.5, 0.6) is 17.2 Å². The van der Waals surface area contributed by atoms with Gasteiger partial charge in [-0.25, -0.2) is 0 Å². The first-order chi connectivity index (χ1) is 10.8. The molecule has 0 atom stereocenters. The van der Waals surface area contributed by atoms with Crippen LogP contribution < -0.4 is 14.2 Å². The van der Waals surface area contributed by atoms with Crippen molar-refractivity contribution in [2.45, 2.75) is 19.3 Å². The highest BCUT2D eigenvalue weighted by Crippen LogP contribution is 2.40. The smallest absolute Gasteiger partial charge is 0.246 e. The Morgan fingerprint density at radius 1 is 1.18 bits per heavy atom. The van der Waals surface area contributed by atoms with Gasteiger partial charge in [-0.3, -0.25) is 4.79 Å². The zero-order chi connectivity index (χ0) is 15.4. The highest BCUT2D eigenvalue weighted by Gasteiger charge is 2.18. The molecule has 1 aromatic carbocycles. The van der Waals surface area contributed by atoms with Crippen LogP contribution in [0.2, 0.25) is 0 Å². The first-order valence-corrected chi connectivity index (χ1v) is 7.72. The van der Waals surface area contributed by atoms with Crippen LogP contribution in [0.4, 0.5) is 0 Å². The van der Waals surface area contributed by atoms with Crippen LogP contribution in [0.25, 0.3) is 6.08 Å². The van der Waals surface area contributed by atoms with Gasteiger partial charge < -0.3 is 19.1 Å². The van der Waals surface area contributed by atoms with Gasteiger partial charge in [0.2, 0.25) is 11.7 Å². The van der Waals surface area contributed by atoms with Crippen LogP contribution in [0.3, 0.4) is 0 Å². The maximum Gasteiger partial charge on any atom is 0.246 e. The number of benzene rings is 1. The highest BCUT2D eigenvalue weighted by atomic mass is 16.6. The molecule has 0 radical (unpaired) electrons. The fourth-order valence-electron chi connectivity index (χ4n) is 2.78. The SMILES string of the molecule is COc1cc(/C=C/C(=O)N2CCCCC2)cc2c1OCCO2. The van der Waals surface area contributed by atoms with E-state index in [0.717, 1.165) is 31.5 Å². The topological polar surface area (TPSA) is 48.0 Å². The second-order valence-corrected chi connectivity index (χ2v) is 5.47. The van der Waals surface area contributed by atoms with E-state index in [4.69, 9.17) is 14.2 Å². The normalized spacial score (nSPS) is 17.6. The van der Waals surface area contributed by atoms with Crippen molar-refractivity contribution in [2.75, 3.05) is 33.4 Å². The molecule has 0 aromatic heterocycles. The summed E-state index contributed by atoms with van der Waals surface area (Å²) in [6.07, 6.45) is 6.83. The Kier molecular flexibility index (Phi) is 4.51. The Balaban J connectivity index is 1.76. The first kappa shape index (κ1) is 14.8. The van der Waals surface area contributed by atoms with Gasteiger partial charge in [0.05, 0.1) is 7.11 Å². The largest absolute Gasteiger partial charge is 0.493 e. The number of nitrogens with zero attached hydrogens (tertiary/aromatic N) is 1. The van der Waals surface area contributed by atoms with Crippen LogP contribution >= 0.6 is 0 Å². The third kappa shape index (κ3) is 3.18. The standard InChI is InChI=1S/C17H21NO4/c1-20-14-11-13(12-15-17(14)22-10-9-21-15)5-6-16(19)18-7-3-2-4-8-18/h5-6,11-12H,2-4,7-10H2,1H3/b6-5+. The van der Waals surface area contributed by atoms with Gasteiger partial charge in [-0.1, -0.05) is 0 Å². The van der Waals surface area contributed by atoms with Crippen molar-refractivity contribution in [2.24, 2.45) is 0 Å². The van der Waals surface area contributed by atoms with E-state index in [9.17, 15) is 4.79 Å². The summed E-state index contributed by atoms with van der Waals surface area (Å²) >= 11 is 0. The van der Waals surface area contributed by atoms with Crippen LogP contribution in [-0.2, 0) is 4.79 Å². The van der Waals surface area contributed by atoms with Gasteiger partial charge >= 0.3 is 0 Å². The highest BCUT2D eigenvalue weighted by molar-refractivity contribution is 5.92. The Morgan fingerprint density at radius 3 is 2.73 bits per heavy atom. The Morgan fingerprint density at radius 2 is 1.95 bits per heavy atom. The van der Waals surface area contributed by atoms with Gasteiger partial charge in [-0.05, 0) is 43.0 Å². The summed E-state index contributed by atoms with van der Waals surface area (Å²) < 4.78 is 16.5. The lowest BCUT2D eigenvalue weighted by atomic mass is 10.1. The number of carbonyl (C=O) groups excluding carboxylic acids is 1. The quantitative estimate of drug-likeness (QED) is 0.805. The molecule has 1 aromatic rings. The zero-order valence-electron chi connectivity index (χ0n) is 12.8. The van der Waals surface area contributed by atoms with Gasteiger partial charge in [-0.15, -0.1) is 0 Å². The fraction of sp³-hybridized carbons (Fsp3) is 0.471. The average Bonchev–Trinajstić information content (AvgIpc) is 2.59. The Labute approximate surface area is 130 Å². The lowest BCUT2D eigenvalue weighted by molar-refractivity contribution is -0.126. The summed E-state index contributed by atoms with van der Waals surface area (Å²) in [5, 5.41) is 0. The summed E-state index contributed by atoms with van der Waals surface area (Å²) in [5.41, 5.74) is 0.867. The van der Waals surface area contributed by atoms with Crippen molar-refractivity contribution in [3.63, 3.8) is 0 Å². The summed E-state index contributed by atoms with van der Waals surface area (Å²) in [7, 11) is 1.60. The Bertz CT molecular complexity index is 559. The number of hydrogen-bond acceptors (Lipinski definition) is 4.